The highest BCUT2D eigenvalue weighted by atomic mass is 16.5. The molecule has 5 heteroatoms. The van der Waals surface area contributed by atoms with Crippen LogP contribution in [0.15, 0.2) is 42.5 Å². The molecule has 0 bridgehead atoms. The van der Waals surface area contributed by atoms with Crippen molar-refractivity contribution in [2.24, 2.45) is 0 Å². The van der Waals surface area contributed by atoms with E-state index in [4.69, 9.17) is 9.47 Å². The maximum atomic E-state index is 12.4. The number of hydrogen-bond acceptors (Lipinski definition) is 4. The van der Waals surface area contributed by atoms with E-state index in [1.54, 1.807) is 0 Å². The molecule has 0 aromatic heterocycles. The highest BCUT2D eigenvalue weighted by molar-refractivity contribution is 5.77. The van der Waals surface area contributed by atoms with Crippen LogP contribution in [0, 0.1) is 20.8 Å². The van der Waals surface area contributed by atoms with E-state index in [0.29, 0.717) is 6.54 Å². The normalized spacial score (nSPS) is 15.8. The van der Waals surface area contributed by atoms with Gasteiger partial charge in [-0.05, 0) is 49.6 Å². The van der Waals surface area contributed by atoms with Gasteiger partial charge in [-0.25, -0.2) is 0 Å². The SMILES string of the molecule is Cc1ccc([C@@H](CNC(=O)COc2cc(C)cc(C)c2)N2CCOCC2)cc1. The second kappa shape index (κ2) is 9.71. The summed E-state index contributed by atoms with van der Waals surface area (Å²) in [6, 6.07) is 14.6. The summed E-state index contributed by atoms with van der Waals surface area (Å²) in [6.07, 6.45) is 0. The minimum Gasteiger partial charge on any atom is -0.484 e. The fraction of sp³-hybridized carbons (Fsp3) is 0.435. The molecule has 1 saturated heterocycles. The molecule has 1 atom stereocenters. The molecule has 150 valence electrons. The van der Waals surface area contributed by atoms with Crippen molar-refractivity contribution in [3.05, 3.63) is 64.7 Å². The van der Waals surface area contributed by atoms with Gasteiger partial charge in [0.15, 0.2) is 6.61 Å². The van der Waals surface area contributed by atoms with E-state index in [1.165, 1.54) is 11.1 Å². The van der Waals surface area contributed by atoms with Crippen LogP contribution in [0.25, 0.3) is 0 Å². The first-order valence-electron chi connectivity index (χ1n) is 9.87. The molecular formula is C23H30N2O3. The number of ether oxygens (including phenoxy) is 2. The van der Waals surface area contributed by atoms with Crippen LogP contribution in [0.4, 0.5) is 0 Å². The third kappa shape index (κ3) is 5.81. The summed E-state index contributed by atoms with van der Waals surface area (Å²) < 4.78 is 11.2. The first-order valence-corrected chi connectivity index (χ1v) is 9.87. The molecule has 1 amide bonds. The van der Waals surface area contributed by atoms with Gasteiger partial charge >= 0.3 is 0 Å². The van der Waals surface area contributed by atoms with E-state index in [1.807, 2.05) is 26.0 Å². The van der Waals surface area contributed by atoms with E-state index >= 15 is 0 Å². The van der Waals surface area contributed by atoms with Crippen LogP contribution >= 0.6 is 0 Å². The Labute approximate surface area is 167 Å². The van der Waals surface area contributed by atoms with Crippen LogP contribution in [0.1, 0.15) is 28.3 Å². The Morgan fingerprint density at radius 2 is 1.68 bits per heavy atom. The van der Waals surface area contributed by atoms with Crippen LogP contribution in [-0.4, -0.2) is 50.3 Å². The first kappa shape index (κ1) is 20.4. The molecule has 0 aliphatic carbocycles. The number of carbonyl (C=O) groups excluding carboxylic acids is 1. The second-order valence-corrected chi connectivity index (χ2v) is 7.49. The fourth-order valence-electron chi connectivity index (χ4n) is 3.56. The van der Waals surface area contributed by atoms with Gasteiger partial charge < -0.3 is 14.8 Å². The Morgan fingerprint density at radius 1 is 1.04 bits per heavy atom. The average molecular weight is 383 g/mol. The first-order chi connectivity index (χ1) is 13.5. The molecule has 1 aliphatic heterocycles. The fourth-order valence-corrected chi connectivity index (χ4v) is 3.56. The number of nitrogens with one attached hydrogen (secondary N) is 1. The zero-order valence-corrected chi connectivity index (χ0v) is 17.0. The van der Waals surface area contributed by atoms with Crippen molar-refractivity contribution in [3.63, 3.8) is 0 Å². The molecule has 2 aromatic rings. The van der Waals surface area contributed by atoms with Gasteiger partial charge in [-0.3, -0.25) is 9.69 Å². The number of amides is 1. The lowest BCUT2D eigenvalue weighted by atomic mass is 10.0. The minimum atomic E-state index is -0.107. The lowest BCUT2D eigenvalue weighted by Crippen LogP contribution is -2.44. The predicted molar refractivity (Wildman–Crippen MR) is 111 cm³/mol. The molecule has 0 unspecified atom stereocenters. The molecular weight excluding hydrogens is 352 g/mol. The van der Waals surface area contributed by atoms with Gasteiger partial charge in [-0.15, -0.1) is 0 Å². The van der Waals surface area contributed by atoms with Crippen molar-refractivity contribution in [1.82, 2.24) is 10.2 Å². The number of morpholine rings is 1. The van der Waals surface area contributed by atoms with Crippen LogP contribution in [-0.2, 0) is 9.53 Å². The number of rotatable bonds is 7. The third-order valence-corrected chi connectivity index (χ3v) is 5.01. The van der Waals surface area contributed by atoms with Crippen LogP contribution in [0.3, 0.4) is 0 Å². The minimum absolute atomic E-state index is 0.0205. The van der Waals surface area contributed by atoms with E-state index < -0.39 is 0 Å². The molecule has 0 saturated carbocycles. The summed E-state index contributed by atoms with van der Waals surface area (Å²) in [6.45, 7) is 9.90. The molecule has 3 rings (SSSR count). The third-order valence-electron chi connectivity index (χ3n) is 5.01. The maximum absolute atomic E-state index is 12.4. The van der Waals surface area contributed by atoms with Gasteiger partial charge in [0.1, 0.15) is 5.75 Å². The summed E-state index contributed by atoms with van der Waals surface area (Å²) >= 11 is 0. The van der Waals surface area contributed by atoms with Crippen molar-refractivity contribution in [1.29, 1.82) is 0 Å². The van der Waals surface area contributed by atoms with Crippen LogP contribution in [0.2, 0.25) is 0 Å². The molecule has 0 radical (unpaired) electrons. The van der Waals surface area contributed by atoms with Gasteiger partial charge in [-0.2, -0.15) is 0 Å². The summed E-state index contributed by atoms with van der Waals surface area (Å²) in [5, 5.41) is 3.05. The monoisotopic (exact) mass is 382 g/mol. The standard InChI is InChI=1S/C23H30N2O3/c1-17-4-6-20(7-5-17)22(25-8-10-27-11-9-25)15-24-23(26)16-28-21-13-18(2)12-19(3)14-21/h4-7,12-14,22H,8-11,15-16H2,1-3H3,(H,24,26)/t22-/m1/s1. The maximum Gasteiger partial charge on any atom is 0.258 e. The summed E-state index contributed by atoms with van der Waals surface area (Å²) in [7, 11) is 0. The van der Waals surface area contributed by atoms with Crippen molar-refractivity contribution >= 4 is 5.91 Å². The van der Waals surface area contributed by atoms with Gasteiger partial charge in [-0.1, -0.05) is 35.9 Å². The lowest BCUT2D eigenvalue weighted by Gasteiger charge is -2.35. The largest absolute Gasteiger partial charge is 0.484 e. The molecule has 0 spiro atoms. The molecule has 1 N–H and O–H groups in total. The Morgan fingerprint density at radius 3 is 2.32 bits per heavy atom. The van der Waals surface area contributed by atoms with Crippen LogP contribution in [0.5, 0.6) is 5.75 Å². The Balaban J connectivity index is 1.59. The number of nitrogens with zero attached hydrogens (tertiary/aromatic N) is 1. The number of benzene rings is 2. The zero-order chi connectivity index (χ0) is 19.9. The quantitative estimate of drug-likeness (QED) is 0.799. The summed E-state index contributed by atoms with van der Waals surface area (Å²) in [5.41, 5.74) is 4.70. The average Bonchev–Trinajstić information content (AvgIpc) is 2.68. The van der Waals surface area contributed by atoms with Gasteiger partial charge in [0.05, 0.1) is 19.3 Å². The molecule has 1 aliphatic rings. The number of hydrogen-bond donors (Lipinski definition) is 1. The molecule has 28 heavy (non-hydrogen) atoms. The zero-order valence-electron chi connectivity index (χ0n) is 17.0. The lowest BCUT2D eigenvalue weighted by molar-refractivity contribution is -0.123. The van der Waals surface area contributed by atoms with E-state index in [0.717, 1.165) is 43.2 Å². The Bertz CT molecular complexity index is 763. The summed E-state index contributed by atoms with van der Waals surface area (Å²) in [5.74, 6) is 0.625. The highest BCUT2D eigenvalue weighted by Crippen LogP contribution is 2.22. The molecule has 1 fully saturated rings. The van der Waals surface area contributed by atoms with Gasteiger partial charge in [0, 0.05) is 19.6 Å². The second-order valence-electron chi connectivity index (χ2n) is 7.49. The predicted octanol–water partition coefficient (Wildman–Crippen LogP) is 3.18. The Kier molecular flexibility index (Phi) is 7.06. The Hall–Kier alpha value is -2.37. The topological polar surface area (TPSA) is 50.8 Å². The number of aryl methyl sites for hydroxylation is 3. The van der Waals surface area contributed by atoms with Crippen LogP contribution < -0.4 is 10.1 Å². The van der Waals surface area contributed by atoms with Gasteiger partial charge in [0.25, 0.3) is 5.91 Å². The molecule has 5 nitrogen and oxygen atoms in total. The molecule has 1 heterocycles. The van der Waals surface area contributed by atoms with Crippen molar-refractivity contribution in [2.75, 3.05) is 39.5 Å². The van der Waals surface area contributed by atoms with E-state index in [9.17, 15) is 4.79 Å². The van der Waals surface area contributed by atoms with Crippen molar-refractivity contribution < 1.29 is 14.3 Å². The summed E-state index contributed by atoms with van der Waals surface area (Å²) in [4.78, 5) is 14.8. The van der Waals surface area contributed by atoms with Crippen molar-refractivity contribution in [3.8, 4) is 5.75 Å². The molecule has 2 aromatic carbocycles. The van der Waals surface area contributed by atoms with E-state index in [-0.39, 0.29) is 18.6 Å². The van der Waals surface area contributed by atoms with Gasteiger partial charge in [0.2, 0.25) is 0 Å². The highest BCUT2D eigenvalue weighted by Gasteiger charge is 2.23. The van der Waals surface area contributed by atoms with Crippen molar-refractivity contribution in [2.45, 2.75) is 26.8 Å². The smallest absolute Gasteiger partial charge is 0.258 e. The number of carbonyl (C=O) groups is 1. The van der Waals surface area contributed by atoms with E-state index in [2.05, 4.69) is 47.5 Å².